The van der Waals surface area contributed by atoms with Gasteiger partial charge in [0, 0.05) is 10.4 Å². The first-order valence-corrected chi connectivity index (χ1v) is 8.02. The van der Waals surface area contributed by atoms with E-state index in [2.05, 4.69) is 6.92 Å². The number of anilines is 1. The van der Waals surface area contributed by atoms with Crippen molar-refractivity contribution in [2.24, 2.45) is 0 Å². The summed E-state index contributed by atoms with van der Waals surface area (Å²) in [5.41, 5.74) is 7.37. The second-order valence-corrected chi connectivity index (χ2v) is 6.16. The molecule has 0 saturated heterocycles. The van der Waals surface area contributed by atoms with Gasteiger partial charge in [0.15, 0.2) is 5.78 Å². The van der Waals surface area contributed by atoms with Gasteiger partial charge in [-0.05, 0) is 18.9 Å². The van der Waals surface area contributed by atoms with Crippen LogP contribution in [0.3, 0.4) is 0 Å². The van der Waals surface area contributed by atoms with Crippen molar-refractivity contribution in [3.63, 3.8) is 0 Å². The molecule has 106 valence electrons. The third-order valence-corrected chi connectivity index (χ3v) is 4.39. The molecule has 1 heterocycles. The van der Waals surface area contributed by atoms with Crippen LogP contribution in [0.25, 0.3) is 0 Å². The van der Waals surface area contributed by atoms with E-state index >= 15 is 0 Å². The molecule has 2 aromatic rings. The number of thiophene rings is 1. The number of ketones is 1. The second kappa shape index (κ2) is 7.25. The van der Waals surface area contributed by atoms with Crippen LogP contribution in [0.2, 0.25) is 0 Å². The fraction of sp³-hybridized carbons (Fsp3) is 0.353. The zero-order valence-corrected chi connectivity index (χ0v) is 12.7. The maximum atomic E-state index is 12.4. The first-order chi connectivity index (χ1) is 9.72. The molecule has 0 fully saturated rings. The van der Waals surface area contributed by atoms with Gasteiger partial charge in [0.1, 0.15) is 0 Å². The van der Waals surface area contributed by atoms with Gasteiger partial charge >= 0.3 is 0 Å². The van der Waals surface area contributed by atoms with Gasteiger partial charge in [-0.1, -0.05) is 56.5 Å². The lowest BCUT2D eigenvalue weighted by Gasteiger charge is -1.99. The summed E-state index contributed by atoms with van der Waals surface area (Å²) in [6.45, 7) is 2.21. The van der Waals surface area contributed by atoms with E-state index in [1.807, 2.05) is 36.4 Å². The average molecular weight is 287 g/mol. The Morgan fingerprint density at radius 2 is 1.90 bits per heavy atom. The lowest BCUT2D eigenvalue weighted by Crippen LogP contribution is -2.02. The lowest BCUT2D eigenvalue weighted by atomic mass is 10.0. The highest BCUT2D eigenvalue weighted by Crippen LogP contribution is 2.28. The second-order valence-electron chi connectivity index (χ2n) is 5.00. The van der Waals surface area contributed by atoms with Crippen molar-refractivity contribution in [1.82, 2.24) is 0 Å². The van der Waals surface area contributed by atoms with Gasteiger partial charge in [-0.15, -0.1) is 11.3 Å². The summed E-state index contributed by atoms with van der Waals surface area (Å²) >= 11 is 1.55. The van der Waals surface area contributed by atoms with Crippen LogP contribution in [0.1, 0.15) is 53.4 Å². The summed E-state index contributed by atoms with van der Waals surface area (Å²) in [5, 5.41) is 0.643. The number of rotatable bonds is 7. The summed E-state index contributed by atoms with van der Waals surface area (Å²) < 4.78 is 0. The summed E-state index contributed by atoms with van der Waals surface area (Å²) in [6, 6.07) is 11.3. The Hall–Kier alpha value is -1.61. The van der Waals surface area contributed by atoms with Gasteiger partial charge in [0.25, 0.3) is 0 Å². The number of nitrogen functional groups attached to an aromatic ring is 1. The number of carbonyl (C=O) groups is 1. The van der Waals surface area contributed by atoms with E-state index in [0.29, 0.717) is 16.1 Å². The average Bonchev–Trinajstić information content (AvgIpc) is 2.85. The van der Waals surface area contributed by atoms with Gasteiger partial charge < -0.3 is 5.73 Å². The number of hydrogen-bond acceptors (Lipinski definition) is 3. The Morgan fingerprint density at radius 3 is 2.60 bits per heavy atom. The predicted molar refractivity (Wildman–Crippen MR) is 86.5 cm³/mol. The molecule has 3 heteroatoms. The Bertz CT molecular complexity index is 560. The molecule has 2 N–H and O–H groups in total. The van der Waals surface area contributed by atoms with Crippen LogP contribution in [-0.2, 0) is 6.42 Å². The van der Waals surface area contributed by atoms with Crippen LogP contribution in [0.15, 0.2) is 36.4 Å². The monoisotopic (exact) mass is 287 g/mol. The van der Waals surface area contributed by atoms with Gasteiger partial charge in [-0.2, -0.15) is 0 Å². The molecule has 1 aromatic carbocycles. The van der Waals surface area contributed by atoms with Crippen LogP contribution in [0.5, 0.6) is 0 Å². The quantitative estimate of drug-likeness (QED) is 0.593. The van der Waals surface area contributed by atoms with E-state index < -0.39 is 0 Å². The van der Waals surface area contributed by atoms with Crippen LogP contribution >= 0.6 is 11.3 Å². The SMILES string of the molecule is CCCCCCc1cc(C(=O)c2ccccc2)c(N)s1. The number of nitrogens with two attached hydrogens (primary N) is 1. The van der Waals surface area contributed by atoms with Crippen LogP contribution in [0, 0.1) is 0 Å². The Balaban J connectivity index is 2.06. The summed E-state index contributed by atoms with van der Waals surface area (Å²) in [5.74, 6) is 0.0270. The minimum atomic E-state index is 0.0270. The molecule has 0 radical (unpaired) electrons. The van der Waals surface area contributed by atoms with Crippen LogP contribution in [0.4, 0.5) is 5.00 Å². The molecule has 0 saturated carbocycles. The van der Waals surface area contributed by atoms with E-state index in [0.717, 1.165) is 6.42 Å². The number of hydrogen-bond donors (Lipinski definition) is 1. The standard InChI is InChI=1S/C17H21NOS/c1-2-3-4-8-11-14-12-15(17(18)20-14)16(19)13-9-6-5-7-10-13/h5-7,9-10,12H,2-4,8,11,18H2,1H3. The predicted octanol–water partition coefficient (Wildman–Crippen LogP) is 4.68. The first kappa shape index (κ1) is 14.8. The maximum absolute atomic E-state index is 12.4. The highest BCUT2D eigenvalue weighted by molar-refractivity contribution is 7.16. The van der Waals surface area contributed by atoms with Crippen LogP contribution in [-0.4, -0.2) is 5.78 Å². The molecule has 0 aliphatic rings. The normalized spacial score (nSPS) is 10.7. The number of aryl methyl sites for hydroxylation is 1. The molecule has 0 spiro atoms. The third kappa shape index (κ3) is 3.70. The number of carbonyl (C=O) groups excluding carboxylic acids is 1. The molecule has 0 aliphatic heterocycles. The highest BCUT2D eigenvalue weighted by atomic mass is 32.1. The summed E-state index contributed by atoms with van der Waals surface area (Å²) in [4.78, 5) is 13.6. The largest absolute Gasteiger partial charge is 0.390 e. The number of benzene rings is 1. The zero-order chi connectivity index (χ0) is 14.4. The van der Waals surface area contributed by atoms with Gasteiger partial charge in [0.05, 0.1) is 10.6 Å². The fourth-order valence-corrected chi connectivity index (χ4v) is 3.20. The Labute approximate surface area is 124 Å². The van der Waals surface area contributed by atoms with Crippen molar-refractivity contribution < 1.29 is 4.79 Å². The van der Waals surface area contributed by atoms with E-state index in [9.17, 15) is 4.79 Å². The molecular formula is C17H21NOS. The smallest absolute Gasteiger partial charge is 0.195 e. The molecular weight excluding hydrogens is 266 g/mol. The van der Waals surface area contributed by atoms with Gasteiger partial charge in [-0.3, -0.25) is 4.79 Å². The van der Waals surface area contributed by atoms with Crippen molar-refractivity contribution in [3.05, 3.63) is 52.4 Å². The molecule has 0 unspecified atom stereocenters. The molecule has 0 atom stereocenters. The fourth-order valence-electron chi connectivity index (χ4n) is 2.23. The van der Waals surface area contributed by atoms with Crippen molar-refractivity contribution in [2.75, 3.05) is 5.73 Å². The molecule has 0 amide bonds. The molecule has 2 rings (SSSR count). The zero-order valence-electron chi connectivity index (χ0n) is 11.9. The summed E-state index contributed by atoms with van der Waals surface area (Å²) in [6.07, 6.45) is 5.96. The van der Waals surface area contributed by atoms with Crippen molar-refractivity contribution in [3.8, 4) is 0 Å². The van der Waals surface area contributed by atoms with Crippen molar-refractivity contribution in [1.29, 1.82) is 0 Å². The van der Waals surface area contributed by atoms with Crippen LogP contribution < -0.4 is 5.73 Å². The van der Waals surface area contributed by atoms with E-state index in [1.54, 1.807) is 11.3 Å². The Kier molecular flexibility index (Phi) is 5.36. The highest BCUT2D eigenvalue weighted by Gasteiger charge is 2.15. The lowest BCUT2D eigenvalue weighted by molar-refractivity contribution is 0.104. The molecule has 2 nitrogen and oxygen atoms in total. The van der Waals surface area contributed by atoms with Crippen molar-refractivity contribution >= 4 is 22.1 Å². The molecule has 0 bridgehead atoms. The maximum Gasteiger partial charge on any atom is 0.195 e. The minimum absolute atomic E-state index is 0.0270. The molecule has 1 aromatic heterocycles. The van der Waals surface area contributed by atoms with Gasteiger partial charge in [0.2, 0.25) is 0 Å². The first-order valence-electron chi connectivity index (χ1n) is 7.20. The number of unbranched alkanes of at least 4 members (excludes halogenated alkanes) is 3. The molecule has 20 heavy (non-hydrogen) atoms. The van der Waals surface area contributed by atoms with Gasteiger partial charge in [-0.25, -0.2) is 0 Å². The minimum Gasteiger partial charge on any atom is -0.390 e. The molecule has 0 aliphatic carbocycles. The summed E-state index contributed by atoms with van der Waals surface area (Å²) in [7, 11) is 0. The Morgan fingerprint density at radius 1 is 1.15 bits per heavy atom. The van der Waals surface area contributed by atoms with E-state index in [-0.39, 0.29) is 5.78 Å². The topological polar surface area (TPSA) is 43.1 Å². The third-order valence-electron chi connectivity index (χ3n) is 3.37. The van der Waals surface area contributed by atoms with E-state index in [1.165, 1.54) is 30.6 Å². The van der Waals surface area contributed by atoms with E-state index in [4.69, 9.17) is 5.73 Å². The van der Waals surface area contributed by atoms with Crippen molar-refractivity contribution in [2.45, 2.75) is 39.0 Å².